The van der Waals surface area contributed by atoms with E-state index in [1.807, 2.05) is 44.2 Å². The van der Waals surface area contributed by atoms with Gasteiger partial charge in [0.25, 0.3) is 0 Å². The molecular formula is C21H30N4O5. The van der Waals surface area contributed by atoms with Gasteiger partial charge in [0.15, 0.2) is 0 Å². The first-order valence-corrected chi connectivity index (χ1v) is 10.1. The molecule has 1 fully saturated rings. The highest BCUT2D eigenvalue weighted by Crippen LogP contribution is 2.20. The Balaban J connectivity index is 1.96. The monoisotopic (exact) mass is 418 g/mol. The van der Waals surface area contributed by atoms with Crippen LogP contribution < -0.4 is 16.4 Å². The van der Waals surface area contributed by atoms with Crippen LogP contribution in [0, 0.1) is 5.92 Å². The molecule has 0 unspecified atom stereocenters. The number of nitrogens with one attached hydrogen (secondary N) is 2. The van der Waals surface area contributed by atoms with Gasteiger partial charge < -0.3 is 21.1 Å². The number of nitrogens with two attached hydrogens (primary N) is 1. The molecule has 1 saturated heterocycles. The van der Waals surface area contributed by atoms with Crippen LogP contribution in [0.25, 0.3) is 0 Å². The number of benzene rings is 1. The number of carbonyl (C=O) groups excluding carboxylic acids is 4. The SMILES string of the molecule is CC(C)C[C@@H](NC(=O)[C@H]1CCCN1C(=O)OCc1ccccc1)C(=O)NCC(N)=O. The van der Waals surface area contributed by atoms with Gasteiger partial charge >= 0.3 is 6.09 Å². The van der Waals surface area contributed by atoms with E-state index < -0.39 is 35.9 Å². The van der Waals surface area contributed by atoms with E-state index in [1.54, 1.807) is 0 Å². The Hall–Kier alpha value is -3.10. The zero-order chi connectivity index (χ0) is 22.1. The molecule has 1 aliphatic rings. The molecule has 2 rings (SSSR count). The molecule has 2 atom stereocenters. The average molecular weight is 418 g/mol. The number of hydrogen-bond acceptors (Lipinski definition) is 5. The topological polar surface area (TPSA) is 131 Å². The fraction of sp³-hybridized carbons (Fsp3) is 0.524. The summed E-state index contributed by atoms with van der Waals surface area (Å²) in [6.45, 7) is 4.07. The Morgan fingerprint density at radius 2 is 1.90 bits per heavy atom. The van der Waals surface area contributed by atoms with Gasteiger partial charge in [-0.25, -0.2) is 4.79 Å². The summed E-state index contributed by atoms with van der Waals surface area (Å²) in [5, 5.41) is 5.14. The van der Waals surface area contributed by atoms with Crippen LogP contribution in [0.1, 0.15) is 38.7 Å². The number of likely N-dealkylation sites (tertiary alicyclic amines) is 1. The van der Waals surface area contributed by atoms with Gasteiger partial charge in [-0.3, -0.25) is 19.3 Å². The maximum atomic E-state index is 12.8. The van der Waals surface area contributed by atoms with Gasteiger partial charge in [0, 0.05) is 6.54 Å². The van der Waals surface area contributed by atoms with Crippen molar-refractivity contribution in [1.82, 2.24) is 15.5 Å². The lowest BCUT2D eigenvalue weighted by atomic mass is 10.0. The summed E-state index contributed by atoms with van der Waals surface area (Å²) in [5.41, 5.74) is 5.92. The highest BCUT2D eigenvalue weighted by Gasteiger charge is 2.36. The van der Waals surface area contributed by atoms with Crippen LogP contribution in [0.5, 0.6) is 0 Å². The van der Waals surface area contributed by atoms with Crippen molar-refractivity contribution in [1.29, 1.82) is 0 Å². The molecule has 1 aromatic rings. The van der Waals surface area contributed by atoms with Crippen molar-refractivity contribution >= 4 is 23.8 Å². The molecule has 0 aliphatic carbocycles. The summed E-state index contributed by atoms with van der Waals surface area (Å²) in [6.07, 6.45) is 0.988. The molecule has 0 radical (unpaired) electrons. The summed E-state index contributed by atoms with van der Waals surface area (Å²) in [7, 11) is 0. The van der Waals surface area contributed by atoms with E-state index in [0.29, 0.717) is 25.8 Å². The summed E-state index contributed by atoms with van der Waals surface area (Å²) in [5.74, 6) is -1.43. The summed E-state index contributed by atoms with van der Waals surface area (Å²) >= 11 is 0. The maximum Gasteiger partial charge on any atom is 0.410 e. The van der Waals surface area contributed by atoms with Gasteiger partial charge in [0.1, 0.15) is 18.7 Å². The summed E-state index contributed by atoms with van der Waals surface area (Å²) in [6, 6.07) is 7.76. The average Bonchev–Trinajstić information content (AvgIpc) is 3.20. The second-order valence-electron chi connectivity index (χ2n) is 7.77. The molecule has 0 spiro atoms. The Morgan fingerprint density at radius 3 is 2.53 bits per heavy atom. The highest BCUT2D eigenvalue weighted by atomic mass is 16.6. The fourth-order valence-electron chi connectivity index (χ4n) is 3.33. The number of amides is 4. The van der Waals surface area contributed by atoms with Gasteiger partial charge in [-0.15, -0.1) is 0 Å². The summed E-state index contributed by atoms with van der Waals surface area (Å²) in [4.78, 5) is 50.0. The van der Waals surface area contributed by atoms with Crippen molar-refractivity contribution in [2.75, 3.05) is 13.1 Å². The lowest BCUT2D eigenvalue weighted by molar-refractivity contribution is -0.132. The molecule has 0 aromatic heterocycles. The summed E-state index contributed by atoms with van der Waals surface area (Å²) < 4.78 is 5.35. The second kappa shape index (κ2) is 11.2. The van der Waals surface area contributed by atoms with E-state index in [9.17, 15) is 19.2 Å². The van der Waals surface area contributed by atoms with E-state index >= 15 is 0 Å². The minimum absolute atomic E-state index is 0.121. The van der Waals surface area contributed by atoms with Crippen molar-refractivity contribution in [3.8, 4) is 0 Å². The van der Waals surface area contributed by atoms with E-state index in [1.165, 1.54) is 4.90 Å². The molecule has 1 heterocycles. The van der Waals surface area contributed by atoms with E-state index in [-0.39, 0.29) is 19.1 Å². The van der Waals surface area contributed by atoms with Gasteiger partial charge in [-0.2, -0.15) is 0 Å². The largest absolute Gasteiger partial charge is 0.445 e. The minimum Gasteiger partial charge on any atom is -0.445 e. The van der Waals surface area contributed by atoms with Gasteiger partial charge in [-0.05, 0) is 30.7 Å². The number of rotatable bonds is 9. The number of primary amides is 1. The number of nitrogens with zero attached hydrogens (tertiary/aromatic N) is 1. The van der Waals surface area contributed by atoms with Crippen LogP contribution in [-0.2, 0) is 25.7 Å². The zero-order valence-corrected chi connectivity index (χ0v) is 17.4. The lowest BCUT2D eigenvalue weighted by Crippen LogP contribution is -2.54. The molecule has 30 heavy (non-hydrogen) atoms. The molecule has 9 nitrogen and oxygen atoms in total. The Kier molecular flexibility index (Phi) is 8.64. The van der Waals surface area contributed by atoms with Crippen molar-refractivity contribution < 1.29 is 23.9 Å². The van der Waals surface area contributed by atoms with E-state index in [4.69, 9.17) is 10.5 Å². The molecule has 9 heteroatoms. The Morgan fingerprint density at radius 1 is 1.20 bits per heavy atom. The highest BCUT2D eigenvalue weighted by molar-refractivity contribution is 5.92. The first kappa shape index (κ1) is 23.2. The van der Waals surface area contributed by atoms with Gasteiger partial charge in [0.2, 0.25) is 17.7 Å². The second-order valence-corrected chi connectivity index (χ2v) is 7.77. The van der Waals surface area contributed by atoms with Crippen molar-refractivity contribution in [2.45, 2.75) is 51.8 Å². The standard InChI is InChI=1S/C21H30N4O5/c1-14(2)11-16(19(27)23-12-18(22)26)24-20(28)17-9-6-10-25(17)21(29)30-13-15-7-4-3-5-8-15/h3-5,7-8,14,16-17H,6,9-13H2,1-2H3,(H2,22,26)(H,23,27)(H,24,28)/t16-,17-/m1/s1. The third-order valence-corrected chi connectivity index (χ3v) is 4.77. The molecular weight excluding hydrogens is 388 g/mol. The van der Waals surface area contributed by atoms with Gasteiger partial charge in [0.05, 0.1) is 6.54 Å². The van der Waals surface area contributed by atoms with E-state index in [2.05, 4.69) is 10.6 Å². The molecule has 1 aromatic carbocycles. The molecule has 164 valence electrons. The van der Waals surface area contributed by atoms with Crippen molar-refractivity contribution in [3.63, 3.8) is 0 Å². The molecule has 0 bridgehead atoms. The third kappa shape index (κ3) is 7.06. The first-order chi connectivity index (χ1) is 14.3. The first-order valence-electron chi connectivity index (χ1n) is 10.1. The third-order valence-electron chi connectivity index (χ3n) is 4.77. The Labute approximate surface area is 176 Å². The fourth-order valence-corrected chi connectivity index (χ4v) is 3.33. The quantitative estimate of drug-likeness (QED) is 0.549. The van der Waals surface area contributed by atoms with Crippen LogP contribution in [0.4, 0.5) is 4.79 Å². The van der Waals surface area contributed by atoms with Gasteiger partial charge in [-0.1, -0.05) is 44.2 Å². The number of ether oxygens (including phenoxy) is 1. The van der Waals surface area contributed by atoms with Crippen LogP contribution in [0.15, 0.2) is 30.3 Å². The number of hydrogen-bond donors (Lipinski definition) is 3. The van der Waals surface area contributed by atoms with Crippen molar-refractivity contribution in [2.24, 2.45) is 11.7 Å². The molecule has 0 saturated carbocycles. The molecule has 1 aliphatic heterocycles. The Bertz CT molecular complexity index is 753. The smallest absolute Gasteiger partial charge is 0.410 e. The van der Waals surface area contributed by atoms with Crippen molar-refractivity contribution in [3.05, 3.63) is 35.9 Å². The molecule has 4 N–H and O–H groups in total. The number of carbonyl (C=O) groups is 4. The lowest BCUT2D eigenvalue weighted by Gasteiger charge is -2.26. The van der Waals surface area contributed by atoms with Crippen LogP contribution in [-0.4, -0.2) is 53.9 Å². The maximum absolute atomic E-state index is 12.8. The normalized spacial score (nSPS) is 16.8. The van der Waals surface area contributed by atoms with E-state index in [0.717, 1.165) is 5.56 Å². The predicted octanol–water partition coefficient (Wildman–Crippen LogP) is 0.920. The zero-order valence-electron chi connectivity index (χ0n) is 17.4. The molecule has 4 amide bonds. The minimum atomic E-state index is -0.820. The van der Waals surface area contributed by atoms with Crippen LogP contribution in [0.2, 0.25) is 0 Å². The van der Waals surface area contributed by atoms with Crippen LogP contribution >= 0.6 is 0 Å². The predicted molar refractivity (Wildman–Crippen MR) is 110 cm³/mol. The van der Waals surface area contributed by atoms with Crippen LogP contribution in [0.3, 0.4) is 0 Å².